The Morgan fingerprint density at radius 3 is 2.77 bits per heavy atom. The van der Waals surface area contributed by atoms with Crippen molar-refractivity contribution in [3.8, 4) is 0 Å². The van der Waals surface area contributed by atoms with Gasteiger partial charge in [-0.15, -0.1) is 5.10 Å². The van der Waals surface area contributed by atoms with E-state index >= 15 is 0 Å². The summed E-state index contributed by atoms with van der Waals surface area (Å²) in [5.41, 5.74) is 3.24. The van der Waals surface area contributed by atoms with Crippen LogP contribution in [0.4, 0.5) is 8.78 Å². The van der Waals surface area contributed by atoms with Crippen LogP contribution in [0.2, 0.25) is 0 Å². The van der Waals surface area contributed by atoms with Crippen LogP contribution in [0.1, 0.15) is 23.6 Å². The molecule has 154 valence electrons. The Balaban J connectivity index is 1.65. The highest BCUT2D eigenvalue weighted by molar-refractivity contribution is 8.13. The van der Waals surface area contributed by atoms with E-state index in [0.717, 1.165) is 22.9 Å². The SMILES string of the molecule is C/C=C\C(=C/n1cncc1C1SC(OC)=NN1C)C1=CN=C1c1ccc(F)cc1F. The molecule has 0 fully saturated rings. The summed E-state index contributed by atoms with van der Waals surface area (Å²) >= 11 is 1.48. The van der Waals surface area contributed by atoms with Gasteiger partial charge in [0.15, 0.2) is 0 Å². The third kappa shape index (κ3) is 3.68. The summed E-state index contributed by atoms with van der Waals surface area (Å²) in [7, 11) is 3.45. The quantitative estimate of drug-likeness (QED) is 0.657. The Labute approximate surface area is 177 Å². The van der Waals surface area contributed by atoms with Gasteiger partial charge in [0.05, 0.1) is 31.0 Å². The molecule has 1 unspecified atom stereocenters. The van der Waals surface area contributed by atoms with E-state index in [1.807, 2.05) is 41.9 Å². The molecule has 2 aromatic rings. The maximum Gasteiger partial charge on any atom is 0.269 e. The summed E-state index contributed by atoms with van der Waals surface area (Å²) in [6.07, 6.45) is 10.9. The molecule has 30 heavy (non-hydrogen) atoms. The largest absolute Gasteiger partial charge is 0.475 e. The Hall–Kier alpha value is -3.20. The number of imidazole rings is 1. The predicted molar refractivity (Wildman–Crippen MR) is 115 cm³/mol. The van der Waals surface area contributed by atoms with Crippen molar-refractivity contribution >= 4 is 28.9 Å². The topological polar surface area (TPSA) is 55.0 Å². The van der Waals surface area contributed by atoms with Crippen LogP contribution in [-0.2, 0) is 4.74 Å². The van der Waals surface area contributed by atoms with Crippen molar-refractivity contribution in [3.63, 3.8) is 0 Å². The van der Waals surface area contributed by atoms with Crippen LogP contribution < -0.4 is 0 Å². The first-order valence-electron chi connectivity index (χ1n) is 9.14. The second-order valence-electron chi connectivity index (χ2n) is 6.57. The summed E-state index contributed by atoms with van der Waals surface area (Å²) < 4.78 is 34.7. The highest BCUT2D eigenvalue weighted by Gasteiger charge is 2.30. The number of benzene rings is 1. The molecule has 4 rings (SSSR count). The van der Waals surface area contributed by atoms with Crippen LogP contribution in [0.15, 0.2) is 70.3 Å². The first-order valence-corrected chi connectivity index (χ1v) is 10.0. The number of thioether (sulfide) groups is 1. The number of allylic oxidation sites excluding steroid dienone is 4. The molecular formula is C21H19F2N5OS. The van der Waals surface area contributed by atoms with Crippen molar-refractivity contribution in [1.82, 2.24) is 14.6 Å². The van der Waals surface area contributed by atoms with Gasteiger partial charge >= 0.3 is 0 Å². The van der Waals surface area contributed by atoms with Crippen LogP contribution in [0.25, 0.3) is 6.20 Å². The monoisotopic (exact) mass is 427 g/mol. The van der Waals surface area contributed by atoms with E-state index < -0.39 is 11.6 Å². The molecule has 0 N–H and O–H groups in total. The van der Waals surface area contributed by atoms with Crippen LogP contribution >= 0.6 is 11.8 Å². The lowest BCUT2D eigenvalue weighted by atomic mass is 9.93. The van der Waals surface area contributed by atoms with E-state index in [1.54, 1.807) is 25.8 Å². The highest BCUT2D eigenvalue weighted by atomic mass is 32.2. The Morgan fingerprint density at radius 2 is 2.13 bits per heavy atom. The standard InChI is InChI=1S/C21H19F2N5OS/c1-4-5-13(16-9-25-19(16)15-7-6-14(22)8-17(15)23)11-28-12-24-10-18(28)20-27(2)26-21(29-3)30-20/h4-12,20H,1-3H3/b5-4-,13-11+. The van der Waals surface area contributed by atoms with E-state index in [9.17, 15) is 8.78 Å². The molecule has 2 aliphatic heterocycles. The van der Waals surface area contributed by atoms with Crippen molar-refractivity contribution < 1.29 is 13.5 Å². The molecule has 0 spiro atoms. The maximum atomic E-state index is 14.3. The van der Waals surface area contributed by atoms with Crippen molar-refractivity contribution in [2.24, 2.45) is 10.1 Å². The summed E-state index contributed by atoms with van der Waals surface area (Å²) in [5, 5.41) is 6.64. The second-order valence-corrected chi connectivity index (χ2v) is 7.60. The second kappa shape index (κ2) is 8.27. The number of halogens is 2. The van der Waals surface area contributed by atoms with Crippen LogP contribution in [0, 0.1) is 11.6 Å². The Morgan fingerprint density at radius 1 is 1.30 bits per heavy atom. The number of hydrogen-bond acceptors (Lipinski definition) is 6. The van der Waals surface area contributed by atoms with Gasteiger partial charge in [0.1, 0.15) is 17.0 Å². The molecule has 1 atom stereocenters. The third-order valence-electron chi connectivity index (χ3n) is 4.61. The molecule has 9 heteroatoms. The minimum absolute atomic E-state index is 0.0939. The average Bonchev–Trinajstić information content (AvgIpc) is 3.29. The zero-order valence-corrected chi connectivity index (χ0v) is 17.4. The fourth-order valence-electron chi connectivity index (χ4n) is 3.16. The first kappa shape index (κ1) is 20.1. The molecule has 0 amide bonds. The molecule has 3 heterocycles. The van der Waals surface area contributed by atoms with Crippen molar-refractivity contribution in [2.45, 2.75) is 12.3 Å². The van der Waals surface area contributed by atoms with Gasteiger partial charge in [0, 0.05) is 42.2 Å². The normalized spacial score (nSPS) is 19.0. The lowest BCUT2D eigenvalue weighted by Gasteiger charge is -2.20. The van der Waals surface area contributed by atoms with Crippen LogP contribution in [0.3, 0.4) is 0 Å². The highest BCUT2D eigenvalue weighted by Crippen LogP contribution is 2.38. The van der Waals surface area contributed by atoms with E-state index in [1.165, 1.54) is 23.9 Å². The number of aromatic nitrogens is 2. The number of nitrogens with zero attached hydrogens (tertiary/aromatic N) is 5. The Kier molecular flexibility index (Phi) is 5.54. The number of hydrogen-bond donors (Lipinski definition) is 0. The smallest absolute Gasteiger partial charge is 0.269 e. The van der Waals surface area contributed by atoms with Gasteiger partial charge in [-0.25, -0.2) is 13.8 Å². The number of ether oxygens (including phenoxy) is 1. The Bertz CT molecular complexity index is 1130. The van der Waals surface area contributed by atoms with Gasteiger partial charge in [-0.3, -0.25) is 10.0 Å². The van der Waals surface area contributed by atoms with Crippen LogP contribution in [0.5, 0.6) is 0 Å². The molecule has 2 aliphatic rings. The van der Waals surface area contributed by atoms with Gasteiger partial charge in [-0.05, 0) is 30.8 Å². The maximum absolute atomic E-state index is 14.3. The third-order valence-corrected chi connectivity index (χ3v) is 5.83. The van der Waals surface area contributed by atoms with Gasteiger partial charge in [0.25, 0.3) is 5.23 Å². The molecule has 0 bridgehead atoms. The summed E-state index contributed by atoms with van der Waals surface area (Å²) in [4.78, 5) is 8.50. The fraction of sp³-hybridized carbons (Fsp3) is 0.190. The van der Waals surface area contributed by atoms with Crippen molar-refractivity contribution in [1.29, 1.82) is 0 Å². The number of rotatable bonds is 5. The zero-order chi connectivity index (χ0) is 21.3. The summed E-state index contributed by atoms with van der Waals surface area (Å²) in [6, 6.07) is 3.49. The molecule has 0 saturated carbocycles. The molecular weight excluding hydrogens is 408 g/mol. The molecule has 0 radical (unpaired) electrons. The molecule has 1 aromatic heterocycles. The van der Waals surface area contributed by atoms with Crippen molar-refractivity contribution in [2.75, 3.05) is 14.2 Å². The van der Waals surface area contributed by atoms with Gasteiger partial charge < -0.3 is 9.30 Å². The minimum atomic E-state index is -0.643. The lowest BCUT2D eigenvalue weighted by Crippen LogP contribution is -2.16. The summed E-state index contributed by atoms with van der Waals surface area (Å²) in [6.45, 7) is 1.90. The van der Waals surface area contributed by atoms with Gasteiger partial charge in [-0.2, -0.15) is 0 Å². The van der Waals surface area contributed by atoms with E-state index in [2.05, 4.69) is 15.1 Å². The lowest BCUT2D eigenvalue weighted by molar-refractivity contribution is 0.325. The van der Waals surface area contributed by atoms with E-state index in [-0.39, 0.29) is 10.9 Å². The fourth-order valence-corrected chi connectivity index (χ4v) is 4.13. The van der Waals surface area contributed by atoms with Gasteiger partial charge in [0.2, 0.25) is 0 Å². The van der Waals surface area contributed by atoms with Crippen molar-refractivity contribution in [3.05, 3.63) is 83.1 Å². The van der Waals surface area contributed by atoms with Crippen LogP contribution in [-0.4, -0.2) is 39.7 Å². The number of aliphatic imine (C=N–C) groups is 1. The zero-order valence-electron chi connectivity index (χ0n) is 16.6. The minimum Gasteiger partial charge on any atom is -0.475 e. The summed E-state index contributed by atoms with van der Waals surface area (Å²) in [5.74, 6) is -1.26. The molecule has 1 aromatic carbocycles. The molecule has 0 aliphatic carbocycles. The number of methoxy groups -OCH3 is 1. The first-order chi connectivity index (χ1) is 14.5. The van der Waals surface area contributed by atoms with E-state index in [0.29, 0.717) is 10.9 Å². The predicted octanol–water partition coefficient (Wildman–Crippen LogP) is 4.56. The van der Waals surface area contributed by atoms with Gasteiger partial charge in [-0.1, -0.05) is 12.2 Å². The van der Waals surface area contributed by atoms with E-state index in [4.69, 9.17) is 4.74 Å². The molecule has 6 nitrogen and oxygen atoms in total. The number of hydrazone groups is 1. The molecule has 0 saturated heterocycles. The average molecular weight is 427 g/mol.